The van der Waals surface area contributed by atoms with Crippen molar-refractivity contribution >= 4 is 11.5 Å². The van der Waals surface area contributed by atoms with Crippen molar-refractivity contribution < 1.29 is 0 Å². The molecule has 1 aliphatic heterocycles. The van der Waals surface area contributed by atoms with Crippen molar-refractivity contribution in [3.8, 4) is 11.3 Å². The molecule has 3 rings (SSSR count). The number of rotatable bonds is 2. The Balaban J connectivity index is 2.13. The molecule has 1 fully saturated rings. The Morgan fingerprint density at radius 3 is 2.65 bits per heavy atom. The van der Waals surface area contributed by atoms with E-state index in [0.717, 1.165) is 30.0 Å². The maximum Gasteiger partial charge on any atom is 0.134 e. The number of hydrogen-bond donors (Lipinski definition) is 1. The predicted molar refractivity (Wildman–Crippen MR) is 66.5 cm³/mol. The second-order valence-corrected chi connectivity index (χ2v) is 4.03. The van der Waals surface area contributed by atoms with Crippen LogP contribution in [0.5, 0.6) is 0 Å². The van der Waals surface area contributed by atoms with Crippen molar-refractivity contribution in [3.63, 3.8) is 0 Å². The van der Waals surface area contributed by atoms with Gasteiger partial charge in [0.15, 0.2) is 0 Å². The van der Waals surface area contributed by atoms with Crippen LogP contribution in [0.4, 0.5) is 11.5 Å². The van der Waals surface area contributed by atoms with E-state index in [1.807, 2.05) is 12.1 Å². The third-order valence-electron chi connectivity index (χ3n) is 2.99. The van der Waals surface area contributed by atoms with Crippen molar-refractivity contribution in [2.75, 3.05) is 23.7 Å². The number of nitrogens with two attached hydrogens (primary N) is 1. The fourth-order valence-corrected chi connectivity index (χ4v) is 1.99. The first-order valence-corrected chi connectivity index (χ1v) is 5.62. The second kappa shape index (κ2) is 4.01. The fourth-order valence-electron chi connectivity index (χ4n) is 1.99. The number of hydrogen-bond acceptors (Lipinski definition) is 5. The van der Waals surface area contributed by atoms with Crippen LogP contribution >= 0.6 is 0 Å². The molecule has 1 saturated heterocycles. The first-order chi connectivity index (χ1) is 8.36. The van der Waals surface area contributed by atoms with Gasteiger partial charge >= 0.3 is 0 Å². The van der Waals surface area contributed by atoms with Gasteiger partial charge in [-0.05, 0) is 18.6 Å². The summed E-state index contributed by atoms with van der Waals surface area (Å²) in [6.45, 7) is 2.14. The van der Waals surface area contributed by atoms with Gasteiger partial charge in [-0.1, -0.05) is 0 Å². The smallest absolute Gasteiger partial charge is 0.134 e. The Morgan fingerprint density at radius 1 is 1.12 bits per heavy atom. The van der Waals surface area contributed by atoms with Crippen LogP contribution in [-0.2, 0) is 0 Å². The Morgan fingerprint density at radius 2 is 2.00 bits per heavy atom. The summed E-state index contributed by atoms with van der Waals surface area (Å²) in [5.41, 5.74) is 8.82. The molecule has 0 aliphatic carbocycles. The van der Waals surface area contributed by atoms with Crippen LogP contribution in [0.1, 0.15) is 6.42 Å². The van der Waals surface area contributed by atoms with E-state index in [2.05, 4.69) is 19.9 Å². The zero-order valence-corrected chi connectivity index (χ0v) is 9.37. The molecule has 5 nitrogen and oxygen atoms in total. The highest BCUT2D eigenvalue weighted by atomic mass is 15.2. The molecule has 3 heterocycles. The average Bonchev–Trinajstić information content (AvgIpc) is 2.28. The summed E-state index contributed by atoms with van der Waals surface area (Å²) in [7, 11) is 0. The lowest BCUT2D eigenvalue weighted by atomic mass is 10.1. The van der Waals surface area contributed by atoms with Gasteiger partial charge in [0.1, 0.15) is 12.1 Å². The van der Waals surface area contributed by atoms with Crippen molar-refractivity contribution in [2.24, 2.45) is 0 Å². The normalized spacial score (nSPS) is 14.5. The van der Waals surface area contributed by atoms with E-state index in [0.29, 0.717) is 5.82 Å². The van der Waals surface area contributed by atoms with Gasteiger partial charge in [0, 0.05) is 25.5 Å². The van der Waals surface area contributed by atoms with E-state index in [1.165, 1.54) is 12.7 Å². The molecule has 5 heteroatoms. The highest BCUT2D eigenvalue weighted by molar-refractivity contribution is 5.84. The molecule has 0 unspecified atom stereocenters. The molecular weight excluding hydrogens is 214 g/mol. The van der Waals surface area contributed by atoms with Gasteiger partial charge < -0.3 is 10.6 Å². The first kappa shape index (κ1) is 10.0. The fraction of sp³-hybridized carbons (Fsp3) is 0.250. The van der Waals surface area contributed by atoms with Crippen molar-refractivity contribution in [3.05, 3.63) is 30.9 Å². The Labute approximate surface area is 99.3 Å². The summed E-state index contributed by atoms with van der Waals surface area (Å²) >= 11 is 0. The summed E-state index contributed by atoms with van der Waals surface area (Å²) < 4.78 is 0. The molecule has 1 aliphatic rings. The first-order valence-electron chi connectivity index (χ1n) is 5.62. The predicted octanol–water partition coefficient (Wildman–Crippen LogP) is 1.33. The molecule has 0 atom stereocenters. The van der Waals surface area contributed by atoms with Crippen LogP contribution in [0, 0.1) is 0 Å². The Hall–Kier alpha value is -2.17. The average molecular weight is 227 g/mol. The summed E-state index contributed by atoms with van der Waals surface area (Å²) in [5, 5.41) is 0. The lowest BCUT2D eigenvalue weighted by Crippen LogP contribution is -2.37. The van der Waals surface area contributed by atoms with E-state index in [4.69, 9.17) is 5.73 Å². The molecule has 2 aromatic heterocycles. The minimum atomic E-state index is 0.521. The molecule has 0 aromatic carbocycles. The van der Waals surface area contributed by atoms with Gasteiger partial charge in [-0.15, -0.1) is 0 Å². The SMILES string of the molecule is Nc1nccc(N2CCC2)c1-c1ccncn1. The molecule has 17 heavy (non-hydrogen) atoms. The minimum Gasteiger partial charge on any atom is -0.383 e. The van der Waals surface area contributed by atoms with Crippen molar-refractivity contribution in [1.29, 1.82) is 0 Å². The summed E-state index contributed by atoms with van der Waals surface area (Å²) in [6.07, 6.45) is 6.22. The Kier molecular flexibility index (Phi) is 2.36. The van der Waals surface area contributed by atoms with Crippen LogP contribution in [-0.4, -0.2) is 28.0 Å². The lowest BCUT2D eigenvalue weighted by Gasteiger charge is -2.34. The van der Waals surface area contributed by atoms with Crippen molar-refractivity contribution in [2.45, 2.75) is 6.42 Å². The van der Waals surface area contributed by atoms with Crippen molar-refractivity contribution in [1.82, 2.24) is 15.0 Å². The monoisotopic (exact) mass is 227 g/mol. The lowest BCUT2D eigenvalue weighted by molar-refractivity contribution is 0.618. The molecule has 0 amide bonds. The third-order valence-corrected chi connectivity index (χ3v) is 2.99. The summed E-state index contributed by atoms with van der Waals surface area (Å²) in [6, 6.07) is 3.85. The third kappa shape index (κ3) is 1.69. The molecule has 0 spiro atoms. The number of nitrogens with zero attached hydrogens (tertiary/aromatic N) is 4. The molecule has 0 saturated carbocycles. The molecular formula is C12H13N5. The van der Waals surface area contributed by atoms with E-state index >= 15 is 0 Å². The number of aromatic nitrogens is 3. The van der Waals surface area contributed by atoms with E-state index in [-0.39, 0.29) is 0 Å². The van der Waals surface area contributed by atoms with Crippen LogP contribution in [0.25, 0.3) is 11.3 Å². The van der Waals surface area contributed by atoms with Gasteiger partial charge in [0.25, 0.3) is 0 Å². The summed E-state index contributed by atoms with van der Waals surface area (Å²) in [4.78, 5) is 14.6. The maximum atomic E-state index is 5.97. The van der Waals surface area contributed by atoms with E-state index in [9.17, 15) is 0 Å². The van der Waals surface area contributed by atoms with Gasteiger partial charge in [-0.2, -0.15) is 0 Å². The molecule has 86 valence electrons. The standard InChI is InChI=1S/C12H13N5/c13-12-11(9-2-4-14-8-16-9)10(3-5-15-12)17-6-1-7-17/h2-5,8H,1,6-7H2,(H2,13,15). The van der Waals surface area contributed by atoms with E-state index < -0.39 is 0 Å². The van der Waals surface area contributed by atoms with Crippen LogP contribution in [0.15, 0.2) is 30.9 Å². The summed E-state index contributed by atoms with van der Waals surface area (Å²) in [5.74, 6) is 0.521. The molecule has 0 radical (unpaired) electrons. The zero-order chi connectivity index (χ0) is 11.7. The molecule has 2 N–H and O–H groups in total. The highest BCUT2D eigenvalue weighted by Crippen LogP contribution is 2.34. The largest absolute Gasteiger partial charge is 0.383 e. The number of nitrogen functional groups attached to an aromatic ring is 1. The van der Waals surface area contributed by atoms with E-state index in [1.54, 1.807) is 12.4 Å². The highest BCUT2D eigenvalue weighted by Gasteiger charge is 2.20. The zero-order valence-electron chi connectivity index (χ0n) is 9.37. The van der Waals surface area contributed by atoms with Crippen LogP contribution in [0.3, 0.4) is 0 Å². The minimum absolute atomic E-state index is 0.521. The van der Waals surface area contributed by atoms with Crippen LogP contribution in [0.2, 0.25) is 0 Å². The second-order valence-electron chi connectivity index (χ2n) is 4.03. The van der Waals surface area contributed by atoms with Gasteiger partial charge in [-0.25, -0.2) is 15.0 Å². The molecule has 0 bridgehead atoms. The topological polar surface area (TPSA) is 67.9 Å². The maximum absolute atomic E-state index is 5.97. The van der Waals surface area contributed by atoms with Crippen LogP contribution < -0.4 is 10.6 Å². The van der Waals surface area contributed by atoms with Gasteiger partial charge in [-0.3, -0.25) is 0 Å². The number of anilines is 2. The number of pyridine rings is 1. The van der Waals surface area contributed by atoms with Gasteiger partial charge in [0.2, 0.25) is 0 Å². The quantitative estimate of drug-likeness (QED) is 0.838. The Bertz CT molecular complexity index is 522. The molecule has 2 aromatic rings. The van der Waals surface area contributed by atoms with Gasteiger partial charge in [0.05, 0.1) is 16.9 Å².